The second-order valence-electron chi connectivity index (χ2n) is 5.65. The van der Waals surface area contributed by atoms with Crippen LogP contribution in [0.1, 0.15) is 43.0 Å². The van der Waals surface area contributed by atoms with E-state index in [0.717, 1.165) is 12.8 Å². The summed E-state index contributed by atoms with van der Waals surface area (Å²) in [5.41, 5.74) is 0.649. The third-order valence-corrected chi connectivity index (χ3v) is 4.03. The summed E-state index contributed by atoms with van der Waals surface area (Å²) < 4.78 is 5.31. The van der Waals surface area contributed by atoms with Gasteiger partial charge >= 0.3 is 5.97 Å². The second-order valence-corrected chi connectivity index (χ2v) is 5.65. The molecule has 0 N–H and O–H groups in total. The lowest BCUT2D eigenvalue weighted by molar-refractivity contribution is -0.145. The summed E-state index contributed by atoms with van der Waals surface area (Å²) >= 11 is 0. The molecule has 2 rings (SSSR count). The number of carbonyl (C=O) groups is 2. The lowest BCUT2D eigenvalue weighted by Crippen LogP contribution is -2.21. The van der Waals surface area contributed by atoms with Crippen LogP contribution in [0.5, 0.6) is 0 Å². The Morgan fingerprint density at radius 3 is 2.52 bits per heavy atom. The van der Waals surface area contributed by atoms with Crippen molar-refractivity contribution in [2.45, 2.75) is 32.6 Å². The molecule has 1 aromatic carbocycles. The van der Waals surface area contributed by atoms with E-state index in [1.165, 1.54) is 0 Å². The largest absolute Gasteiger partial charge is 0.465 e. The average molecular weight is 286 g/mol. The van der Waals surface area contributed by atoms with Crippen molar-refractivity contribution >= 4 is 11.8 Å². The Morgan fingerprint density at radius 1 is 1.10 bits per heavy atom. The quantitative estimate of drug-likeness (QED) is 0.454. The molecule has 21 heavy (non-hydrogen) atoms. The number of rotatable bonds is 6. The molecule has 1 aromatic rings. The minimum absolute atomic E-state index is 0.0125. The molecule has 0 saturated heterocycles. The Kier molecular flexibility index (Phi) is 5.73. The van der Waals surface area contributed by atoms with Crippen molar-refractivity contribution in [3.63, 3.8) is 0 Å². The van der Waals surface area contributed by atoms with E-state index in [2.05, 4.69) is 19.1 Å². The van der Waals surface area contributed by atoms with Gasteiger partial charge in [0.05, 0.1) is 13.0 Å². The van der Waals surface area contributed by atoms with E-state index in [-0.39, 0.29) is 24.6 Å². The highest BCUT2D eigenvalue weighted by molar-refractivity contribution is 5.97. The van der Waals surface area contributed by atoms with Crippen LogP contribution in [0.25, 0.3) is 0 Å². The van der Waals surface area contributed by atoms with E-state index < -0.39 is 0 Å². The predicted octanol–water partition coefficient (Wildman–Crippen LogP) is 3.80. The van der Waals surface area contributed by atoms with Gasteiger partial charge in [-0.3, -0.25) is 9.59 Å². The Hall–Kier alpha value is -1.90. The first-order chi connectivity index (χ1) is 10.2. The van der Waals surface area contributed by atoms with Gasteiger partial charge in [0.2, 0.25) is 0 Å². The number of hydrogen-bond donors (Lipinski definition) is 0. The van der Waals surface area contributed by atoms with Gasteiger partial charge in [-0.25, -0.2) is 0 Å². The minimum Gasteiger partial charge on any atom is -0.465 e. The molecule has 0 amide bonds. The molecular formula is C18H22O3. The Morgan fingerprint density at radius 2 is 1.81 bits per heavy atom. The number of allylic oxidation sites excluding steroid dienone is 2. The molecule has 2 atom stereocenters. The number of ether oxygens (including phenoxy) is 1. The summed E-state index contributed by atoms with van der Waals surface area (Å²) in [7, 11) is 0. The Labute approximate surface area is 126 Å². The highest BCUT2D eigenvalue weighted by atomic mass is 16.5. The molecule has 0 aromatic heterocycles. The fraction of sp³-hybridized carbons (Fsp3) is 0.444. The van der Waals surface area contributed by atoms with Crippen LogP contribution in [-0.2, 0) is 9.53 Å². The van der Waals surface area contributed by atoms with Crippen molar-refractivity contribution in [1.82, 2.24) is 0 Å². The van der Waals surface area contributed by atoms with E-state index >= 15 is 0 Å². The first kappa shape index (κ1) is 15.5. The first-order valence-electron chi connectivity index (χ1n) is 7.55. The summed E-state index contributed by atoms with van der Waals surface area (Å²) in [6.07, 6.45) is 6.72. The van der Waals surface area contributed by atoms with Gasteiger partial charge in [-0.1, -0.05) is 49.4 Å². The molecular weight excluding hydrogens is 264 g/mol. The average Bonchev–Trinajstić information content (AvgIpc) is 2.52. The zero-order chi connectivity index (χ0) is 15.1. The number of Topliss-reactive ketones (excluding diaryl/α,β-unsaturated/α-hetero) is 1. The standard InChI is InChI=1S/C18H22O3/c1-14-7-5-6-10-16(14)13-21-18(20)12-11-17(19)15-8-3-2-4-9-15/h2-6,8-9,14,16H,7,10-13H2,1H3. The molecule has 0 saturated carbocycles. The molecule has 112 valence electrons. The van der Waals surface area contributed by atoms with E-state index in [4.69, 9.17) is 4.74 Å². The van der Waals surface area contributed by atoms with Crippen molar-refractivity contribution in [3.05, 3.63) is 48.0 Å². The third-order valence-electron chi connectivity index (χ3n) is 4.03. The van der Waals surface area contributed by atoms with Crippen molar-refractivity contribution in [3.8, 4) is 0 Å². The number of hydrogen-bond acceptors (Lipinski definition) is 3. The van der Waals surface area contributed by atoms with Crippen LogP contribution < -0.4 is 0 Å². The fourth-order valence-corrected chi connectivity index (χ4v) is 2.50. The molecule has 0 spiro atoms. The number of ketones is 1. The van der Waals surface area contributed by atoms with Gasteiger partial charge in [-0.05, 0) is 24.7 Å². The van der Waals surface area contributed by atoms with E-state index in [1.54, 1.807) is 12.1 Å². The van der Waals surface area contributed by atoms with Crippen LogP contribution in [0, 0.1) is 11.8 Å². The molecule has 1 aliphatic rings. The summed E-state index contributed by atoms with van der Waals surface area (Å²) in [4.78, 5) is 23.6. The summed E-state index contributed by atoms with van der Waals surface area (Å²) in [5.74, 6) is 0.667. The maximum absolute atomic E-state index is 11.9. The maximum Gasteiger partial charge on any atom is 0.306 e. The molecule has 0 fully saturated rings. The topological polar surface area (TPSA) is 43.4 Å². The number of benzene rings is 1. The fourth-order valence-electron chi connectivity index (χ4n) is 2.50. The van der Waals surface area contributed by atoms with Crippen LogP contribution >= 0.6 is 0 Å². The number of carbonyl (C=O) groups excluding carboxylic acids is 2. The highest BCUT2D eigenvalue weighted by Crippen LogP contribution is 2.25. The zero-order valence-electron chi connectivity index (χ0n) is 12.5. The SMILES string of the molecule is CC1CC=CCC1COC(=O)CCC(=O)c1ccccc1. The summed E-state index contributed by atoms with van der Waals surface area (Å²) in [6.45, 7) is 2.64. The lowest BCUT2D eigenvalue weighted by Gasteiger charge is -2.24. The van der Waals surface area contributed by atoms with Gasteiger partial charge in [0, 0.05) is 12.0 Å². The van der Waals surface area contributed by atoms with Gasteiger partial charge in [-0.15, -0.1) is 0 Å². The molecule has 0 heterocycles. The van der Waals surface area contributed by atoms with Gasteiger partial charge in [0.15, 0.2) is 5.78 Å². The third kappa shape index (κ3) is 4.85. The molecule has 0 aliphatic heterocycles. The molecule has 0 radical (unpaired) electrons. The zero-order valence-corrected chi connectivity index (χ0v) is 12.5. The first-order valence-corrected chi connectivity index (χ1v) is 7.55. The van der Waals surface area contributed by atoms with Crippen molar-refractivity contribution in [1.29, 1.82) is 0 Å². The normalized spacial score (nSPS) is 21.0. The molecule has 3 nitrogen and oxygen atoms in total. The monoisotopic (exact) mass is 286 g/mol. The summed E-state index contributed by atoms with van der Waals surface area (Å²) in [6, 6.07) is 9.05. The predicted molar refractivity (Wildman–Crippen MR) is 82.0 cm³/mol. The van der Waals surface area contributed by atoms with E-state index in [0.29, 0.717) is 24.0 Å². The Bertz CT molecular complexity index is 504. The van der Waals surface area contributed by atoms with Crippen LogP contribution in [-0.4, -0.2) is 18.4 Å². The van der Waals surface area contributed by atoms with Crippen molar-refractivity contribution in [2.24, 2.45) is 11.8 Å². The maximum atomic E-state index is 11.9. The smallest absolute Gasteiger partial charge is 0.306 e. The second kappa shape index (κ2) is 7.77. The van der Waals surface area contributed by atoms with Crippen molar-refractivity contribution < 1.29 is 14.3 Å². The van der Waals surface area contributed by atoms with E-state index in [9.17, 15) is 9.59 Å². The van der Waals surface area contributed by atoms with Gasteiger partial charge in [0.25, 0.3) is 0 Å². The highest BCUT2D eigenvalue weighted by Gasteiger charge is 2.20. The van der Waals surface area contributed by atoms with Crippen molar-refractivity contribution in [2.75, 3.05) is 6.61 Å². The lowest BCUT2D eigenvalue weighted by atomic mass is 9.85. The minimum atomic E-state index is -0.277. The summed E-state index contributed by atoms with van der Waals surface area (Å²) in [5, 5.41) is 0. The number of esters is 1. The van der Waals surface area contributed by atoms with E-state index in [1.807, 2.05) is 18.2 Å². The van der Waals surface area contributed by atoms with Crippen LogP contribution in [0.15, 0.2) is 42.5 Å². The Balaban J connectivity index is 1.70. The molecule has 1 aliphatic carbocycles. The van der Waals surface area contributed by atoms with Crippen LogP contribution in [0.3, 0.4) is 0 Å². The molecule has 3 heteroatoms. The molecule has 0 bridgehead atoms. The van der Waals surface area contributed by atoms with Gasteiger partial charge in [0.1, 0.15) is 0 Å². The van der Waals surface area contributed by atoms with Crippen LogP contribution in [0.4, 0.5) is 0 Å². The molecule has 2 unspecified atom stereocenters. The van der Waals surface area contributed by atoms with Crippen LogP contribution in [0.2, 0.25) is 0 Å². The van der Waals surface area contributed by atoms with Gasteiger partial charge in [-0.2, -0.15) is 0 Å². The van der Waals surface area contributed by atoms with Gasteiger partial charge < -0.3 is 4.74 Å².